The Morgan fingerprint density at radius 1 is 1.44 bits per heavy atom. The summed E-state index contributed by atoms with van der Waals surface area (Å²) in [5.41, 5.74) is 6.29. The highest BCUT2D eigenvalue weighted by molar-refractivity contribution is 5.07. The summed E-state index contributed by atoms with van der Waals surface area (Å²) in [4.78, 5) is 2.60. The van der Waals surface area contributed by atoms with Crippen molar-refractivity contribution in [3.8, 4) is 0 Å². The Labute approximate surface area is 109 Å². The van der Waals surface area contributed by atoms with Crippen LogP contribution in [0, 0.1) is 11.8 Å². The zero-order valence-corrected chi connectivity index (χ0v) is 11.2. The Bertz CT molecular complexity index is 376. The lowest BCUT2D eigenvalue weighted by Gasteiger charge is -2.30. The number of likely N-dealkylation sites (tertiary alicyclic amines) is 1. The fourth-order valence-electron chi connectivity index (χ4n) is 3.93. The predicted octanol–water partition coefficient (Wildman–Crippen LogP) is 2.79. The number of rotatable bonds is 3. The summed E-state index contributed by atoms with van der Waals surface area (Å²) in [6.45, 7) is 4.61. The Hall–Kier alpha value is -0.800. The SMILES string of the molecule is CCC(c1ccco1)N1CC2CCCC(N)C2C1. The van der Waals surface area contributed by atoms with Crippen LogP contribution in [-0.4, -0.2) is 24.0 Å². The Kier molecular flexibility index (Phi) is 3.44. The second kappa shape index (κ2) is 5.06. The van der Waals surface area contributed by atoms with Crippen molar-refractivity contribution in [2.45, 2.75) is 44.7 Å². The normalized spacial score (nSPS) is 34.4. The molecule has 1 aliphatic carbocycles. The van der Waals surface area contributed by atoms with Gasteiger partial charge in [0.25, 0.3) is 0 Å². The van der Waals surface area contributed by atoms with Gasteiger partial charge in [-0.15, -0.1) is 0 Å². The molecule has 2 aliphatic rings. The molecule has 1 aromatic rings. The number of nitrogens with zero attached hydrogens (tertiary/aromatic N) is 1. The standard InChI is InChI=1S/C15H24N2O/c1-2-14(15-7-4-8-18-15)17-9-11-5-3-6-13(16)12(11)10-17/h4,7-8,11-14H,2-3,5-6,9-10,16H2,1H3. The predicted molar refractivity (Wildman–Crippen MR) is 72.1 cm³/mol. The number of fused-ring (bicyclic) bond motifs is 1. The van der Waals surface area contributed by atoms with Gasteiger partial charge in [-0.3, -0.25) is 4.90 Å². The van der Waals surface area contributed by atoms with Gasteiger partial charge < -0.3 is 10.2 Å². The highest BCUT2D eigenvalue weighted by Gasteiger charge is 2.41. The quantitative estimate of drug-likeness (QED) is 0.894. The molecule has 0 aromatic carbocycles. The molecular formula is C15H24N2O. The van der Waals surface area contributed by atoms with Gasteiger partial charge >= 0.3 is 0 Å². The van der Waals surface area contributed by atoms with E-state index in [4.69, 9.17) is 10.2 Å². The Morgan fingerprint density at radius 2 is 2.33 bits per heavy atom. The summed E-state index contributed by atoms with van der Waals surface area (Å²) >= 11 is 0. The lowest BCUT2D eigenvalue weighted by molar-refractivity contribution is 0.198. The largest absolute Gasteiger partial charge is 0.468 e. The molecule has 2 heterocycles. The van der Waals surface area contributed by atoms with Crippen LogP contribution in [0.5, 0.6) is 0 Å². The molecule has 4 atom stereocenters. The van der Waals surface area contributed by atoms with Crippen molar-refractivity contribution in [3.05, 3.63) is 24.2 Å². The Balaban J connectivity index is 1.74. The van der Waals surface area contributed by atoms with E-state index in [0.29, 0.717) is 18.0 Å². The second-order valence-electron chi connectivity index (χ2n) is 5.91. The molecule has 2 fully saturated rings. The van der Waals surface area contributed by atoms with Crippen molar-refractivity contribution in [2.75, 3.05) is 13.1 Å². The topological polar surface area (TPSA) is 42.4 Å². The molecule has 100 valence electrons. The summed E-state index contributed by atoms with van der Waals surface area (Å²) in [5.74, 6) is 2.64. The molecule has 0 amide bonds. The summed E-state index contributed by atoms with van der Waals surface area (Å²) in [6, 6.07) is 4.96. The van der Waals surface area contributed by atoms with E-state index in [1.165, 1.54) is 25.8 Å². The van der Waals surface area contributed by atoms with E-state index in [0.717, 1.165) is 24.6 Å². The van der Waals surface area contributed by atoms with Gasteiger partial charge in [-0.2, -0.15) is 0 Å². The van der Waals surface area contributed by atoms with E-state index in [1.807, 2.05) is 6.07 Å². The molecule has 3 nitrogen and oxygen atoms in total. The monoisotopic (exact) mass is 248 g/mol. The minimum atomic E-state index is 0.419. The average Bonchev–Trinajstić information content (AvgIpc) is 3.00. The van der Waals surface area contributed by atoms with Crippen molar-refractivity contribution in [1.82, 2.24) is 4.90 Å². The first-order valence-electron chi connectivity index (χ1n) is 7.32. The van der Waals surface area contributed by atoms with E-state index in [9.17, 15) is 0 Å². The third kappa shape index (κ3) is 2.10. The fourth-order valence-corrected chi connectivity index (χ4v) is 3.93. The highest BCUT2D eigenvalue weighted by Crippen LogP contribution is 2.39. The van der Waals surface area contributed by atoms with Crippen LogP contribution in [0.15, 0.2) is 22.8 Å². The van der Waals surface area contributed by atoms with Crippen LogP contribution in [0.3, 0.4) is 0 Å². The van der Waals surface area contributed by atoms with Gasteiger partial charge in [0.05, 0.1) is 12.3 Å². The molecule has 18 heavy (non-hydrogen) atoms. The van der Waals surface area contributed by atoms with Crippen LogP contribution in [0.2, 0.25) is 0 Å². The van der Waals surface area contributed by atoms with E-state index in [-0.39, 0.29) is 0 Å². The van der Waals surface area contributed by atoms with E-state index in [2.05, 4.69) is 17.9 Å². The van der Waals surface area contributed by atoms with Gasteiger partial charge in [0, 0.05) is 19.1 Å². The van der Waals surface area contributed by atoms with Crippen LogP contribution >= 0.6 is 0 Å². The van der Waals surface area contributed by atoms with Gasteiger partial charge in [-0.25, -0.2) is 0 Å². The van der Waals surface area contributed by atoms with Gasteiger partial charge in [0.1, 0.15) is 5.76 Å². The number of hydrogen-bond acceptors (Lipinski definition) is 3. The van der Waals surface area contributed by atoms with E-state index < -0.39 is 0 Å². The zero-order chi connectivity index (χ0) is 12.5. The highest BCUT2D eigenvalue weighted by atomic mass is 16.3. The van der Waals surface area contributed by atoms with Crippen molar-refractivity contribution in [1.29, 1.82) is 0 Å². The zero-order valence-electron chi connectivity index (χ0n) is 11.2. The number of furan rings is 1. The minimum Gasteiger partial charge on any atom is -0.468 e. The Morgan fingerprint density at radius 3 is 3.00 bits per heavy atom. The van der Waals surface area contributed by atoms with Gasteiger partial charge in [-0.1, -0.05) is 13.3 Å². The van der Waals surface area contributed by atoms with Crippen LogP contribution in [0.25, 0.3) is 0 Å². The lowest BCUT2D eigenvalue weighted by Crippen LogP contribution is -2.38. The maximum atomic E-state index is 6.29. The molecule has 3 heteroatoms. The molecule has 1 saturated carbocycles. The van der Waals surface area contributed by atoms with E-state index in [1.54, 1.807) is 6.26 Å². The van der Waals surface area contributed by atoms with Crippen molar-refractivity contribution >= 4 is 0 Å². The molecule has 4 unspecified atom stereocenters. The smallest absolute Gasteiger partial charge is 0.120 e. The van der Waals surface area contributed by atoms with Crippen molar-refractivity contribution in [2.24, 2.45) is 17.6 Å². The van der Waals surface area contributed by atoms with Gasteiger partial charge in [0.15, 0.2) is 0 Å². The van der Waals surface area contributed by atoms with E-state index >= 15 is 0 Å². The minimum absolute atomic E-state index is 0.419. The first-order valence-corrected chi connectivity index (χ1v) is 7.32. The molecule has 1 aromatic heterocycles. The molecule has 3 rings (SSSR count). The summed E-state index contributed by atoms with van der Waals surface area (Å²) < 4.78 is 5.61. The first kappa shape index (κ1) is 12.2. The van der Waals surface area contributed by atoms with Crippen molar-refractivity contribution < 1.29 is 4.42 Å². The average molecular weight is 248 g/mol. The molecule has 0 spiro atoms. The van der Waals surface area contributed by atoms with Gasteiger partial charge in [-0.05, 0) is 43.2 Å². The van der Waals surface area contributed by atoms with Crippen molar-refractivity contribution in [3.63, 3.8) is 0 Å². The van der Waals surface area contributed by atoms with Crippen LogP contribution < -0.4 is 5.73 Å². The van der Waals surface area contributed by atoms with Crippen LogP contribution in [-0.2, 0) is 0 Å². The maximum Gasteiger partial charge on any atom is 0.120 e. The van der Waals surface area contributed by atoms with Gasteiger partial charge in [0.2, 0.25) is 0 Å². The molecule has 0 radical (unpaired) electrons. The molecular weight excluding hydrogens is 224 g/mol. The van der Waals surface area contributed by atoms with Crippen LogP contribution in [0.1, 0.15) is 44.4 Å². The third-order valence-corrected chi connectivity index (χ3v) is 4.88. The summed E-state index contributed by atoms with van der Waals surface area (Å²) in [5, 5.41) is 0. The summed E-state index contributed by atoms with van der Waals surface area (Å²) in [6.07, 6.45) is 6.79. The lowest BCUT2D eigenvalue weighted by atomic mass is 9.78. The number of nitrogens with two attached hydrogens (primary N) is 1. The third-order valence-electron chi connectivity index (χ3n) is 4.88. The van der Waals surface area contributed by atoms with Crippen LogP contribution in [0.4, 0.5) is 0 Å². The number of hydrogen-bond donors (Lipinski definition) is 1. The summed E-state index contributed by atoms with van der Waals surface area (Å²) in [7, 11) is 0. The molecule has 1 aliphatic heterocycles. The molecule has 0 bridgehead atoms. The first-order chi connectivity index (χ1) is 8.79. The second-order valence-corrected chi connectivity index (χ2v) is 5.91. The molecule has 1 saturated heterocycles. The molecule has 2 N–H and O–H groups in total. The fraction of sp³-hybridized carbons (Fsp3) is 0.733. The maximum absolute atomic E-state index is 6.29.